The molecule has 0 radical (unpaired) electrons. The maximum atomic E-state index is 12.6. The molecule has 7 heteroatoms. The minimum Gasteiger partial charge on any atom is -0.369 e. The molecule has 150 valence electrons. The summed E-state index contributed by atoms with van der Waals surface area (Å²) in [7, 11) is 0. The summed E-state index contributed by atoms with van der Waals surface area (Å²) in [4.78, 5) is 18.9. The smallest absolute Gasteiger partial charge is 0.277 e. The van der Waals surface area contributed by atoms with E-state index in [0.717, 1.165) is 49.7 Å². The lowest BCUT2D eigenvalue weighted by molar-refractivity contribution is 0.102. The molecule has 1 N–H and O–H groups in total. The van der Waals surface area contributed by atoms with Crippen molar-refractivity contribution in [1.82, 2.24) is 19.9 Å². The average Bonchev–Trinajstić information content (AvgIpc) is 3.26. The highest BCUT2D eigenvalue weighted by Crippen LogP contribution is 2.24. The van der Waals surface area contributed by atoms with Gasteiger partial charge in [-0.3, -0.25) is 4.79 Å². The Morgan fingerprint density at radius 3 is 2.48 bits per heavy atom. The molecule has 1 fully saturated rings. The quantitative estimate of drug-likeness (QED) is 0.726. The lowest BCUT2D eigenvalue weighted by Crippen LogP contribution is -2.46. The molecule has 1 amide bonds. The summed E-state index contributed by atoms with van der Waals surface area (Å²) in [6.07, 6.45) is 1.49. The largest absolute Gasteiger partial charge is 0.369 e. The first-order valence-corrected chi connectivity index (χ1v) is 10.0. The number of rotatable bonds is 5. The number of hydrogen-bond acceptors (Lipinski definition) is 5. The second-order valence-corrected chi connectivity index (χ2v) is 7.23. The number of benzene rings is 2. The van der Waals surface area contributed by atoms with Crippen LogP contribution in [0.15, 0.2) is 54.7 Å². The molecule has 0 unspecified atom stereocenters. The second kappa shape index (κ2) is 8.45. The third-order valence-corrected chi connectivity index (χ3v) is 5.35. The molecule has 0 saturated carbocycles. The molecule has 0 atom stereocenters. The van der Waals surface area contributed by atoms with Crippen LogP contribution < -0.4 is 10.2 Å². The normalized spacial score (nSPS) is 14.8. The van der Waals surface area contributed by atoms with Crippen molar-refractivity contribution in [2.75, 3.05) is 42.9 Å². The van der Waals surface area contributed by atoms with E-state index < -0.39 is 0 Å². The van der Waals surface area contributed by atoms with Crippen LogP contribution in [-0.2, 0) is 0 Å². The Morgan fingerprint density at radius 1 is 1.03 bits per heavy atom. The molecule has 0 aliphatic carbocycles. The van der Waals surface area contributed by atoms with Gasteiger partial charge in [0.15, 0.2) is 5.69 Å². The Balaban J connectivity index is 1.43. The van der Waals surface area contributed by atoms with E-state index in [9.17, 15) is 4.79 Å². The number of para-hydroxylation sites is 1. The number of hydrogen-bond donors (Lipinski definition) is 1. The van der Waals surface area contributed by atoms with Gasteiger partial charge in [0, 0.05) is 37.6 Å². The summed E-state index contributed by atoms with van der Waals surface area (Å²) in [5.41, 5.74) is 4.12. The molecule has 29 heavy (non-hydrogen) atoms. The van der Waals surface area contributed by atoms with Crippen LogP contribution in [0.2, 0.25) is 0 Å². The van der Waals surface area contributed by atoms with E-state index in [2.05, 4.69) is 44.4 Å². The van der Waals surface area contributed by atoms with Gasteiger partial charge in [-0.15, -0.1) is 5.10 Å². The Labute approximate surface area is 170 Å². The SMILES string of the molecule is CCN1CCN(c2ccc(NC(=O)c3cnn(-c4ccccc4)n3)c(C)c2)CC1. The molecule has 0 bridgehead atoms. The molecule has 2 heterocycles. The third kappa shape index (κ3) is 4.30. The van der Waals surface area contributed by atoms with Gasteiger partial charge in [-0.2, -0.15) is 9.90 Å². The molecule has 4 rings (SSSR count). The first kappa shape index (κ1) is 19.1. The number of nitrogens with one attached hydrogen (secondary N) is 1. The zero-order valence-electron chi connectivity index (χ0n) is 16.9. The third-order valence-electron chi connectivity index (χ3n) is 5.35. The van der Waals surface area contributed by atoms with Gasteiger partial charge in [-0.1, -0.05) is 25.1 Å². The maximum Gasteiger partial charge on any atom is 0.277 e. The first-order valence-electron chi connectivity index (χ1n) is 10.0. The van der Waals surface area contributed by atoms with Gasteiger partial charge >= 0.3 is 0 Å². The van der Waals surface area contributed by atoms with Crippen LogP contribution in [0.5, 0.6) is 0 Å². The van der Waals surface area contributed by atoms with Crippen molar-refractivity contribution in [1.29, 1.82) is 0 Å². The number of aromatic nitrogens is 3. The number of anilines is 2. The van der Waals surface area contributed by atoms with Gasteiger partial charge in [-0.25, -0.2) is 0 Å². The molecule has 3 aromatic rings. The van der Waals surface area contributed by atoms with E-state index >= 15 is 0 Å². The van der Waals surface area contributed by atoms with Gasteiger partial charge in [-0.05, 0) is 49.4 Å². The molecular formula is C22H26N6O. The van der Waals surface area contributed by atoms with E-state index in [0.29, 0.717) is 0 Å². The molecule has 2 aromatic carbocycles. The molecule has 1 saturated heterocycles. The molecule has 7 nitrogen and oxygen atoms in total. The summed E-state index contributed by atoms with van der Waals surface area (Å²) >= 11 is 0. The highest BCUT2D eigenvalue weighted by atomic mass is 16.2. The lowest BCUT2D eigenvalue weighted by Gasteiger charge is -2.35. The summed E-state index contributed by atoms with van der Waals surface area (Å²) in [5.74, 6) is -0.264. The fourth-order valence-corrected chi connectivity index (χ4v) is 3.55. The Hall–Kier alpha value is -3.19. The van der Waals surface area contributed by atoms with Crippen LogP contribution in [0.1, 0.15) is 23.0 Å². The number of carbonyl (C=O) groups is 1. The lowest BCUT2D eigenvalue weighted by atomic mass is 10.1. The van der Waals surface area contributed by atoms with Crippen LogP contribution in [0.25, 0.3) is 5.69 Å². The van der Waals surface area contributed by atoms with Crippen molar-refractivity contribution < 1.29 is 4.79 Å². The highest BCUT2D eigenvalue weighted by Gasteiger charge is 2.17. The van der Waals surface area contributed by atoms with Gasteiger partial charge in [0.05, 0.1) is 11.9 Å². The molecule has 1 aromatic heterocycles. The Morgan fingerprint density at radius 2 is 1.79 bits per heavy atom. The van der Waals surface area contributed by atoms with Crippen molar-refractivity contribution >= 4 is 17.3 Å². The van der Waals surface area contributed by atoms with Crippen LogP contribution in [0.4, 0.5) is 11.4 Å². The van der Waals surface area contributed by atoms with Crippen molar-refractivity contribution in [2.24, 2.45) is 0 Å². The number of carbonyl (C=O) groups excluding carboxylic acids is 1. The van der Waals surface area contributed by atoms with E-state index in [-0.39, 0.29) is 11.6 Å². The van der Waals surface area contributed by atoms with E-state index in [4.69, 9.17) is 0 Å². The highest BCUT2D eigenvalue weighted by molar-refractivity contribution is 6.03. The standard InChI is InChI=1S/C22H26N6O/c1-3-26-11-13-27(14-12-26)19-9-10-20(17(2)15-19)24-22(29)21-16-23-28(25-21)18-7-5-4-6-8-18/h4-10,15-16H,3,11-14H2,1-2H3,(H,24,29). The molecule has 1 aliphatic heterocycles. The minimum absolute atomic E-state index is 0.264. The van der Waals surface area contributed by atoms with Crippen LogP contribution in [-0.4, -0.2) is 58.5 Å². The first-order chi connectivity index (χ1) is 14.1. The van der Waals surface area contributed by atoms with Crippen molar-refractivity contribution in [3.63, 3.8) is 0 Å². The zero-order valence-corrected chi connectivity index (χ0v) is 16.9. The van der Waals surface area contributed by atoms with Crippen LogP contribution >= 0.6 is 0 Å². The maximum absolute atomic E-state index is 12.6. The fourth-order valence-electron chi connectivity index (χ4n) is 3.55. The Kier molecular flexibility index (Phi) is 5.57. The average molecular weight is 390 g/mol. The second-order valence-electron chi connectivity index (χ2n) is 7.23. The summed E-state index contributed by atoms with van der Waals surface area (Å²) < 4.78 is 0. The zero-order chi connectivity index (χ0) is 20.2. The monoisotopic (exact) mass is 390 g/mol. The van der Waals surface area contributed by atoms with Gasteiger partial charge in [0.25, 0.3) is 5.91 Å². The van der Waals surface area contributed by atoms with Gasteiger partial charge < -0.3 is 15.1 Å². The van der Waals surface area contributed by atoms with Gasteiger partial charge in [0.1, 0.15) is 0 Å². The molecule has 1 aliphatic rings. The van der Waals surface area contributed by atoms with Crippen molar-refractivity contribution in [3.05, 3.63) is 66.0 Å². The number of piperazine rings is 1. The predicted molar refractivity (Wildman–Crippen MR) is 115 cm³/mol. The topological polar surface area (TPSA) is 66.3 Å². The molecule has 0 spiro atoms. The van der Waals surface area contributed by atoms with E-state index in [1.165, 1.54) is 16.7 Å². The summed E-state index contributed by atoms with van der Waals surface area (Å²) in [6, 6.07) is 15.7. The number of likely N-dealkylation sites (N-methyl/N-ethyl adjacent to an activating group) is 1. The Bertz CT molecular complexity index is 976. The van der Waals surface area contributed by atoms with Crippen molar-refractivity contribution in [3.8, 4) is 5.69 Å². The van der Waals surface area contributed by atoms with Gasteiger partial charge in [0.2, 0.25) is 0 Å². The van der Waals surface area contributed by atoms with E-state index in [1.54, 1.807) is 0 Å². The number of aryl methyl sites for hydroxylation is 1. The summed E-state index contributed by atoms with van der Waals surface area (Å²) in [6.45, 7) is 9.56. The molecular weight excluding hydrogens is 364 g/mol. The van der Waals surface area contributed by atoms with E-state index in [1.807, 2.05) is 43.3 Å². The predicted octanol–water partition coefficient (Wildman–Crippen LogP) is 2.97. The van der Waals surface area contributed by atoms with Crippen LogP contribution in [0, 0.1) is 6.92 Å². The van der Waals surface area contributed by atoms with Crippen molar-refractivity contribution in [2.45, 2.75) is 13.8 Å². The summed E-state index contributed by atoms with van der Waals surface area (Å²) in [5, 5.41) is 11.4. The number of amides is 1. The minimum atomic E-state index is -0.264. The number of nitrogens with zero attached hydrogens (tertiary/aromatic N) is 5. The van der Waals surface area contributed by atoms with Crippen LogP contribution in [0.3, 0.4) is 0 Å². The fraction of sp³-hybridized carbons (Fsp3) is 0.318.